The molecule has 1 unspecified atom stereocenters. The Labute approximate surface area is 67.6 Å². The van der Waals surface area contributed by atoms with Crippen molar-refractivity contribution in [3.63, 3.8) is 0 Å². The number of nitrogens with zero attached hydrogens (tertiary/aromatic N) is 2. The summed E-state index contributed by atoms with van der Waals surface area (Å²) in [6, 6.07) is 0.244. The molecule has 0 fully saturated rings. The highest BCUT2D eigenvalue weighted by molar-refractivity contribution is 5.95. The Morgan fingerprint density at radius 2 is 2.09 bits per heavy atom. The van der Waals surface area contributed by atoms with Crippen LogP contribution in [-0.2, 0) is 0 Å². The van der Waals surface area contributed by atoms with Gasteiger partial charge in [0.2, 0.25) is 0 Å². The van der Waals surface area contributed by atoms with Gasteiger partial charge in [-0.1, -0.05) is 13.8 Å². The van der Waals surface area contributed by atoms with Crippen LogP contribution in [0, 0.1) is 5.92 Å². The van der Waals surface area contributed by atoms with Gasteiger partial charge in [-0.3, -0.25) is 10.4 Å². The predicted octanol–water partition coefficient (Wildman–Crippen LogP) is 1.41. The zero-order valence-electron chi connectivity index (χ0n) is 7.55. The van der Waals surface area contributed by atoms with Gasteiger partial charge in [-0.05, 0) is 13.8 Å². The quantitative estimate of drug-likeness (QED) is 0.607. The average molecular weight is 153 g/mol. The Morgan fingerprint density at radius 3 is 2.55 bits per heavy atom. The number of nitrogens with one attached hydrogen (secondary N) is 1. The number of rotatable bonds is 1. The Balaban J connectivity index is 2.69. The Bertz CT molecular complexity index is 203. The molecule has 11 heavy (non-hydrogen) atoms. The molecule has 0 aromatic carbocycles. The van der Waals surface area contributed by atoms with Crippen LogP contribution >= 0.6 is 0 Å². The van der Waals surface area contributed by atoms with Gasteiger partial charge in [-0.2, -0.15) is 5.10 Å². The molecular formula is C8H15N3. The molecule has 0 saturated heterocycles. The first-order valence-electron chi connectivity index (χ1n) is 3.99. The fourth-order valence-electron chi connectivity index (χ4n) is 0.848. The molecule has 0 spiro atoms. The van der Waals surface area contributed by atoms with E-state index in [1.54, 1.807) is 0 Å². The molecule has 0 aliphatic carbocycles. The van der Waals surface area contributed by atoms with Crippen LogP contribution < -0.4 is 5.43 Å². The minimum absolute atomic E-state index is 0.244. The van der Waals surface area contributed by atoms with Gasteiger partial charge in [-0.15, -0.1) is 0 Å². The van der Waals surface area contributed by atoms with Crippen molar-refractivity contribution in [1.82, 2.24) is 5.43 Å². The third-order valence-corrected chi connectivity index (χ3v) is 1.83. The van der Waals surface area contributed by atoms with Crippen molar-refractivity contribution in [2.24, 2.45) is 16.0 Å². The average Bonchev–Trinajstić information content (AvgIpc) is 1.94. The summed E-state index contributed by atoms with van der Waals surface area (Å²) in [5.74, 6) is 1.43. The summed E-state index contributed by atoms with van der Waals surface area (Å²) in [5.41, 5.74) is 3.99. The summed E-state index contributed by atoms with van der Waals surface area (Å²) >= 11 is 0. The molecule has 1 rings (SSSR count). The van der Waals surface area contributed by atoms with E-state index >= 15 is 0 Å². The third kappa shape index (κ3) is 1.79. The van der Waals surface area contributed by atoms with E-state index in [-0.39, 0.29) is 6.04 Å². The number of hydrogen-bond donors (Lipinski definition) is 1. The van der Waals surface area contributed by atoms with Gasteiger partial charge >= 0.3 is 0 Å². The van der Waals surface area contributed by atoms with Crippen molar-refractivity contribution in [3.8, 4) is 0 Å². The van der Waals surface area contributed by atoms with Crippen LogP contribution in [0.25, 0.3) is 0 Å². The van der Waals surface area contributed by atoms with Gasteiger partial charge < -0.3 is 0 Å². The largest absolute Gasteiger partial charge is 0.265 e. The van der Waals surface area contributed by atoms with E-state index in [1.165, 1.54) is 0 Å². The molecule has 0 aromatic heterocycles. The molecule has 0 radical (unpaired) electrons. The molecule has 1 aliphatic heterocycles. The molecule has 0 aromatic rings. The smallest absolute Gasteiger partial charge is 0.120 e. The SMILES string of the molecule is CC1=NNC(C(C)C)=NC1C. The summed E-state index contributed by atoms with van der Waals surface area (Å²) in [7, 11) is 0. The Kier molecular flexibility index (Phi) is 2.27. The third-order valence-electron chi connectivity index (χ3n) is 1.83. The molecule has 0 amide bonds. The summed E-state index contributed by atoms with van der Waals surface area (Å²) in [5, 5.41) is 4.15. The lowest BCUT2D eigenvalue weighted by Gasteiger charge is -2.18. The van der Waals surface area contributed by atoms with Gasteiger partial charge in [0.05, 0.1) is 11.8 Å². The van der Waals surface area contributed by atoms with E-state index in [9.17, 15) is 0 Å². The first kappa shape index (κ1) is 8.24. The second-order valence-electron chi connectivity index (χ2n) is 3.21. The lowest BCUT2D eigenvalue weighted by molar-refractivity contribution is 0.761. The van der Waals surface area contributed by atoms with Crippen LogP contribution in [-0.4, -0.2) is 17.6 Å². The molecule has 0 saturated carbocycles. The molecule has 3 heteroatoms. The highest BCUT2D eigenvalue weighted by Gasteiger charge is 2.13. The second-order valence-corrected chi connectivity index (χ2v) is 3.21. The summed E-state index contributed by atoms with van der Waals surface area (Å²) in [6.45, 7) is 8.25. The van der Waals surface area contributed by atoms with Crippen molar-refractivity contribution >= 4 is 11.5 Å². The lowest BCUT2D eigenvalue weighted by atomic mass is 10.1. The number of hydrogen-bond acceptors (Lipinski definition) is 3. The van der Waals surface area contributed by atoms with Crippen molar-refractivity contribution in [2.75, 3.05) is 0 Å². The van der Waals surface area contributed by atoms with E-state index in [2.05, 4.69) is 36.3 Å². The van der Waals surface area contributed by atoms with E-state index in [4.69, 9.17) is 0 Å². The van der Waals surface area contributed by atoms with E-state index < -0.39 is 0 Å². The molecular weight excluding hydrogens is 138 g/mol. The van der Waals surface area contributed by atoms with Crippen molar-refractivity contribution < 1.29 is 0 Å². The lowest BCUT2D eigenvalue weighted by Crippen LogP contribution is -2.33. The first-order chi connectivity index (χ1) is 5.11. The van der Waals surface area contributed by atoms with Gasteiger partial charge in [0.15, 0.2) is 0 Å². The highest BCUT2D eigenvalue weighted by Crippen LogP contribution is 2.04. The van der Waals surface area contributed by atoms with Crippen LogP contribution in [0.2, 0.25) is 0 Å². The number of amidine groups is 1. The fraction of sp³-hybridized carbons (Fsp3) is 0.750. The molecule has 1 aliphatic rings. The summed E-state index contributed by atoms with van der Waals surface area (Å²) in [6.07, 6.45) is 0. The molecule has 3 nitrogen and oxygen atoms in total. The normalized spacial score (nSPS) is 24.3. The molecule has 0 bridgehead atoms. The molecule has 1 heterocycles. The topological polar surface area (TPSA) is 36.8 Å². The zero-order chi connectivity index (χ0) is 8.43. The highest BCUT2D eigenvalue weighted by atomic mass is 15.3. The Hall–Kier alpha value is -0.860. The van der Waals surface area contributed by atoms with Crippen LogP contribution in [0.5, 0.6) is 0 Å². The van der Waals surface area contributed by atoms with Crippen molar-refractivity contribution in [1.29, 1.82) is 0 Å². The van der Waals surface area contributed by atoms with E-state index in [1.807, 2.05) is 6.92 Å². The maximum Gasteiger partial charge on any atom is 0.120 e. The van der Waals surface area contributed by atoms with Crippen LogP contribution in [0.4, 0.5) is 0 Å². The second kappa shape index (κ2) is 3.03. The monoisotopic (exact) mass is 153 g/mol. The molecule has 1 atom stereocenters. The van der Waals surface area contributed by atoms with Crippen LogP contribution in [0.3, 0.4) is 0 Å². The Morgan fingerprint density at radius 1 is 1.45 bits per heavy atom. The standard InChI is InChI=1S/C8H15N3/c1-5(2)8-9-6(3)7(4)10-11-8/h5-6H,1-4H3,(H,9,11). The van der Waals surface area contributed by atoms with Crippen LogP contribution in [0.1, 0.15) is 27.7 Å². The minimum atomic E-state index is 0.244. The van der Waals surface area contributed by atoms with E-state index in [0.29, 0.717) is 5.92 Å². The minimum Gasteiger partial charge on any atom is -0.265 e. The predicted molar refractivity (Wildman–Crippen MR) is 48.0 cm³/mol. The van der Waals surface area contributed by atoms with Crippen molar-refractivity contribution in [2.45, 2.75) is 33.7 Å². The number of aliphatic imine (C=N–C) groups is 1. The number of hydrazone groups is 1. The summed E-state index contributed by atoms with van der Waals surface area (Å²) in [4.78, 5) is 4.44. The van der Waals surface area contributed by atoms with Gasteiger partial charge in [0.25, 0.3) is 0 Å². The molecule has 1 N–H and O–H groups in total. The zero-order valence-corrected chi connectivity index (χ0v) is 7.55. The van der Waals surface area contributed by atoms with Gasteiger partial charge in [0, 0.05) is 5.92 Å². The molecule has 62 valence electrons. The van der Waals surface area contributed by atoms with Gasteiger partial charge in [0.1, 0.15) is 5.84 Å². The maximum absolute atomic E-state index is 4.44. The summed E-state index contributed by atoms with van der Waals surface area (Å²) < 4.78 is 0. The van der Waals surface area contributed by atoms with Gasteiger partial charge in [-0.25, -0.2) is 0 Å². The first-order valence-corrected chi connectivity index (χ1v) is 3.99. The van der Waals surface area contributed by atoms with Crippen LogP contribution in [0.15, 0.2) is 10.1 Å². The van der Waals surface area contributed by atoms with E-state index in [0.717, 1.165) is 11.5 Å². The fourth-order valence-corrected chi connectivity index (χ4v) is 0.848. The van der Waals surface area contributed by atoms with Crippen molar-refractivity contribution in [3.05, 3.63) is 0 Å². The maximum atomic E-state index is 4.44.